The number of hydrogen-bond donors (Lipinski definition) is 1. The van der Waals surface area contributed by atoms with Gasteiger partial charge in [-0.1, -0.05) is 18.2 Å². The van der Waals surface area contributed by atoms with Crippen molar-refractivity contribution in [3.05, 3.63) is 84.2 Å². The molecule has 1 amide bonds. The molecular formula is C23H22N2O3. The van der Waals surface area contributed by atoms with E-state index in [1.54, 1.807) is 29.2 Å². The molecule has 142 valence electrons. The fraction of sp³-hybridized carbons (Fsp3) is 0.217. The summed E-state index contributed by atoms with van der Waals surface area (Å²) in [6.45, 7) is 3.78. The van der Waals surface area contributed by atoms with Crippen LogP contribution in [0.5, 0.6) is 0 Å². The zero-order chi connectivity index (χ0) is 19.9. The van der Waals surface area contributed by atoms with Crippen LogP contribution >= 0.6 is 0 Å². The predicted octanol–water partition coefficient (Wildman–Crippen LogP) is 3.69. The maximum absolute atomic E-state index is 13.0. The van der Waals surface area contributed by atoms with Gasteiger partial charge in [0.05, 0.1) is 12.1 Å². The van der Waals surface area contributed by atoms with Gasteiger partial charge in [0.2, 0.25) is 0 Å². The van der Waals surface area contributed by atoms with Crippen molar-refractivity contribution in [1.29, 1.82) is 0 Å². The van der Waals surface area contributed by atoms with Crippen LogP contribution in [-0.4, -0.2) is 27.4 Å². The summed E-state index contributed by atoms with van der Waals surface area (Å²) in [4.78, 5) is 27.5. The molecule has 1 N–H and O–H groups in total. The molecule has 1 atom stereocenters. The number of fused-ring (bicyclic) bond motifs is 1. The zero-order valence-electron chi connectivity index (χ0n) is 15.9. The molecule has 28 heavy (non-hydrogen) atoms. The predicted molar refractivity (Wildman–Crippen MR) is 108 cm³/mol. The van der Waals surface area contributed by atoms with Crippen LogP contribution in [0.3, 0.4) is 0 Å². The lowest BCUT2D eigenvalue weighted by Gasteiger charge is -2.25. The smallest absolute Gasteiger partial charge is 0.264 e. The molecule has 0 bridgehead atoms. The number of amides is 1. The van der Waals surface area contributed by atoms with Crippen LogP contribution in [0.2, 0.25) is 0 Å². The molecule has 0 fully saturated rings. The van der Waals surface area contributed by atoms with Crippen LogP contribution in [0.25, 0.3) is 5.69 Å². The molecule has 2 heterocycles. The minimum absolute atomic E-state index is 0.112. The summed E-state index contributed by atoms with van der Waals surface area (Å²) in [6.07, 6.45) is 3.57. The number of carbonyl (C=O) groups excluding carboxylic acids is 2. The molecule has 0 saturated carbocycles. The van der Waals surface area contributed by atoms with Crippen molar-refractivity contribution in [2.75, 3.05) is 4.90 Å². The van der Waals surface area contributed by atoms with Crippen LogP contribution in [0, 0.1) is 0 Å². The average Bonchev–Trinajstić information content (AvgIpc) is 3.29. The van der Waals surface area contributed by atoms with Gasteiger partial charge in [-0.2, -0.15) is 0 Å². The number of ketones is 1. The Kier molecular flexibility index (Phi) is 4.40. The fourth-order valence-corrected chi connectivity index (χ4v) is 3.80. The number of Topliss-reactive ketones (excluding diaryl/α,β-unsaturated/α-hetero) is 1. The van der Waals surface area contributed by atoms with E-state index in [0.29, 0.717) is 16.8 Å². The topological polar surface area (TPSA) is 62.5 Å². The van der Waals surface area contributed by atoms with Crippen molar-refractivity contribution in [2.24, 2.45) is 0 Å². The van der Waals surface area contributed by atoms with Gasteiger partial charge in [0.15, 0.2) is 11.4 Å². The second-order valence-electron chi connectivity index (χ2n) is 7.38. The van der Waals surface area contributed by atoms with Crippen molar-refractivity contribution in [2.45, 2.75) is 31.9 Å². The van der Waals surface area contributed by atoms with Crippen molar-refractivity contribution >= 4 is 17.4 Å². The third kappa shape index (κ3) is 2.84. The highest BCUT2D eigenvalue weighted by Gasteiger charge is 2.51. The van der Waals surface area contributed by atoms with Crippen molar-refractivity contribution in [3.63, 3.8) is 0 Å². The molecule has 4 rings (SSSR count). The first kappa shape index (κ1) is 18.2. The van der Waals surface area contributed by atoms with Crippen LogP contribution in [0.4, 0.5) is 5.69 Å². The summed E-state index contributed by atoms with van der Waals surface area (Å²) in [5.74, 6) is -0.712. The molecule has 5 nitrogen and oxygen atoms in total. The van der Waals surface area contributed by atoms with Gasteiger partial charge >= 0.3 is 0 Å². The summed E-state index contributed by atoms with van der Waals surface area (Å²) in [5, 5.41) is 11.3. The first-order valence-electron chi connectivity index (χ1n) is 9.34. The van der Waals surface area contributed by atoms with Gasteiger partial charge in [0.25, 0.3) is 5.91 Å². The number of carbonyl (C=O) groups is 2. The first-order valence-corrected chi connectivity index (χ1v) is 9.34. The molecule has 5 heteroatoms. The molecule has 0 saturated heterocycles. The Morgan fingerprint density at radius 2 is 1.64 bits per heavy atom. The summed E-state index contributed by atoms with van der Waals surface area (Å²) in [6, 6.07) is 18.0. The number of anilines is 1. The van der Waals surface area contributed by atoms with E-state index in [-0.39, 0.29) is 18.2 Å². The third-order valence-corrected chi connectivity index (χ3v) is 5.21. The third-order valence-electron chi connectivity index (χ3n) is 5.21. The van der Waals surface area contributed by atoms with Gasteiger partial charge in [0, 0.05) is 35.2 Å². The standard InChI is InChI=1S/C23H22N2O3/c1-16(2)25-20-8-4-3-7-19(20)23(28,22(25)27)15-21(26)17-9-11-18(12-10-17)24-13-5-6-14-24/h3-14,16,28H,15H2,1-2H3/t23-/m0/s1. The highest BCUT2D eigenvalue weighted by molar-refractivity contribution is 6.11. The normalized spacial score (nSPS) is 18.6. The SMILES string of the molecule is CC(C)N1C(=O)[C@](O)(CC(=O)c2ccc(-n3cccc3)cc2)c2ccccc21. The first-order chi connectivity index (χ1) is 13.4. The van der Waals surface area contributed by atoms with Gasteiger partial charge in [-0.05, 0) is 56.3 Å². The van der Waals surface area contributed by atoms with Crippen LogP contribution in [-0.2, 0) is 10.4 Å². The maximum Gasteiger partial charge on any atom is 0.264 e. The zero-order valence-corrected chi connectivity index (χ0v) is 15.9. The lowest BCUT2D eigenvalue weighted by atomic mass is 9.88. The lowest BCUT2D eigenvalue weighted by molar-refractivity contribution is -0.136. The van der Waals surface area contributed by atoms with E-state index < -0.39 is 11.5 Å². The van der Waals surface area contributed by atoms with Gasteiger partial charge in [-0.15, -0.1) is 0 Å². The van der Waals surface area contributed by atoms with Gasteiger partial charge in [-0.3, -0.25) is 9.59 Å². The van der Waals surface area contributed by atoms with Crippen LogP contribution in [0.1, 0.15) is 36.2 Å². The maximum atomic E-state index is 13.0. The van der Waals surface area contributed by atoms with Gasteiger partial charge in [-0.25, -0.2) is 0 Å². The fourth-order valence-electron chi connectivity index (χ4n) is 3.80. The Hall–Kier alpha value is -3.18. The Balaban J connectivity index is 1.63. The van der Waals surface area contributed by atoms with E-state index in [1.807, 2.05) is 67.2 Å². The molecule has 0 radical (unpaired) electrons. The Labute approximate surface area is 163 Å². The molecule has 0 aliphatic carbocycles. The van der Waals surface area contributed by atoms with E-state index in [9.17, 15) is 14.7 Å². The van der Waals surface area contributed by atoms with E-state index in [2.05, 4.69) is 0 Å². The number of para-hydroxylation sites is 1. The minimum Gasteiger partial charge on any atom is -0.375 e. The summed E-state index contributed by atoms with van der Waals surface area (Å²) >= 11 is 0. The molecule has 1 aliphatic heterocycles. The molecular weight excluding hydrogens is 352 g/mol. The van der Waals surface area contributed by atoms with E-state index in [4.69, 9.17) is 0 Å². The second-order valence-corrected chi connectivity index (χ2v) is 7.38. The van der Waals surface area contributed by atoms with Gasteiger partial charge < -0.3 is 14.6 Å². The minimum atomic E-state index is -1.84. The number of aliphatic hydroxyl groups is 1. The Morgan fingerprint density at radius 3 is 2.29 bits per heavy atom. The van der Waals surface area contributed by atoms with E-state index in [1.165, 1.54) is 0 Å². The van der Waals surface area contributed by atoms with Crippen LogP contribution < -0.4 is 4.90 Å². The molecule has 2 aromatic carbocycles. The number of hydrogen-bond acceptors (Lipinski definition) is 3. The average molecular weight is 374 g/mol. The largest absolute Gasteiger partial charge is 0.375 e. The Morgan fingerprint density at radius 1 is 1.00 bits per heavy atom. The quantitative estimate of drug-likeness (QED) is 0.693. The monoisotopic (exact) mass is 374 g/mol. The van der Waals surface area contributed by atoms with Crippen molar-refractivity contribution in [3.8, 4) is 5.69 Å². The summed E-state index contributed by atoms with van der Waals surface area (Å²) in [7, 11) is 0. The summed E-state index contributed by atoms with van der Waals surface area (Å²) in [5.41, 5.74) is 0.731. The molecule has 1 aliphatic rings. The van der Waals surface area contributed by atoms with E-state index in [0.717, 1.165) is 5.69 Å². The number of rotatable bonds is 5. The van der Waals surface area contributed by atoms with Crippen LogP contribution in [0.15, 0.2) is 73.1 Å². The molecule has 0 spiro atoms. The molecule has 1 aromatic heterocycles. The summed E-state index contributed by atoms with van der Waals surface area (Å²) < 4.78 is 1.94. The van der Waals surface area contributed by atoms with E-state index >= 15 is 0 Å². The Bertz CT molecular complexity index is 1020. The number of benzene rings is 2. The second kappa shape index (κ2) is 6.77. The number of aromatic nitrogens is 1. The number of nitrogens with zero attached hydrogens (tertiary/aromatic N) is 2. The molecule has 3 aromatic rings. The van der Waals surface area contributed by atoms with Crippen molar-refractivity contribution < 1.29 is 14.7 Å². The highest BCUT2D eigenvalue weighted by Crippen LogP contribution is 2.43. The lowest BCUT2D eigenvalue weighted by Crippen LogP contribution is -2.44. The molecule has 0 unspecified atom stereocenters. The van der Waals surface area contributed by atoms with Crippen molar-refractivity contribution in [1.82, 2.24) is 4.57 Å². The van der Waals surface area contributed by atoms with Gasteiger partial charge in [0.1, 0.15) is 0 Å². The highest BCUT2D eigenvalue weighted by atomic mass is 16.3.